The van der Waals surface area contributed by atoms with E-state index in [0.717, 1.165) is 0 Å². The number of quaternary nitrogens is 1. The number of hydrogen-bond acceptors (Lipinski definition) is 2. The van der Waals surface area contributed by atoms with Gasteiger partial charge in [-0.3, -0.25) is 4.52 Å². The van der Waals surface area contributed by atoms with Crippen LogP contribution in [-0.2, 0) is 9.09 Å². The molecule has 5 nitrogen and oxygen atoms in total. The number of likely N-dealkylation sites (N-methyl/N-ethyl adjacent to an activating group) is 1. The zero-order chi connectivity index (χ0) is 9.12. The Hall–Kier alpha value is 1.07. The quantitative estimate of drug-likeness (QED) is 0.359. The van der Waals surface area contributed by atoms with Crippen molar-refractivity contribution in [1.29, 1.82) is 0 Å². The Balaban J connectivity index is 0. The van der Waals surface area contributed by atoms with E-state index in [1.807, 2.05) is 21.1 Å². The first-order valence-electron chi connectivity index (χ1n) is 3.21. The van der Waals surface area contributed by atoms with Crippen molar-refractivity contribution in [2.24, 2.45) is 0 Å². The second kappa shape index (κ2) is 5.73. The molecule has 0 aromatic heterocycles. The molecule has 0 atom stereocenters. The maximum absolute atomic E-state index is 10.2. The van der Waals surface area contributed by atoms with Crippen molar-refractivity contribution < 1.29 is 23.4 Å². The van der Waals surface area contributed by atoms with Gasteiger partial charge in [0.1, 0.15) is 13.2 Å². The number of rotatable bonds is 4. The molecule has 0 aliphatic heterocycles. The van der Waals surface area contributed by atoms with Crippen molar-refractivity contribution in [3.05, 3.63) is 0 Å². The van der Waals surface area contributed by atoms with Crippen molar-refractivity contribution in [2.45, 2.75) is 0 Å². The normalized spacial score (nSPS) is 12.4. The van der Waals surface area contributed by atoms with Crippen LogP contribution in [0.3, 0.4) is 0 Å². The predicted molar refractivity (Wildman–Crippen MR) is 48.0 cm³/mol. The van der Waals surface area contributed by atoms with Gasteiger partial charge in [-0.2, -0.15) is 0 Å². The zero-order valence-electron chi connectivity index (χ0n) is 7.02. The van der Waals surface area contributed by atoms with Crippen LogP contribution < -0.4 is 0 Å². The SMILES string of the molecule is C[N+](C)(C)CCOP(=O)(O)O.[NaH]. The van der Waals surface area contributed by atoms with Gasteiger partial charge in [0.25, 0.3) is 0 Å². The first kappa shape index (κ1) is 15.5. The van der Waals surface area contributed by atoms with E-state index < -0.39 is 7.82 Å². The van der Waals surface area contributed by atoms with Crippen LogP contribution >= 0.6 is 7.82 Å². The molecule has 0 aliphatic carbocycles. The molecule has 0 spiro atoms. The fourth-order valence-corrected chi connectivity index (χ4v) is 0.753. The zero-order valence-corrected chi connectivity index (χ0v) is 7.91. The Morgan fingerprint density at radius 2 is 1.75 bits per heavy atom. The molecule has 0 rings (SSSR count). The Morgan fingerprint density at radius 1 is 1.33 bits per heavy atom. The Bertz CT molecular complexity index is 163. The number of phosphoric acid groups is 1. The summed E-state index contributed by atoms with van der Waals surface area (Å²) in [7, 11) is 1.50. The van der Waals surface area contributed by atoms with Gasteiger partial charge in [0.2, 0.25) is 0 Å². The summed E-state index contributed by atoms with van der Waals surface area (Å²) in [6.45, 7) is 0.652. The Morgan fingerprint density at radius 3 is 2.00 bits per heavy atom. The summed E-state index contributed by atoms with van der Waals surface area (Å²) in [5.74, 6) is 0. The maximum atomic E-state index is 10.2. The van der Waals surface area contributed by atoms with Crippen molar-refractivity contribution in [1.82, 2.24) is 0 Å². The van der Waals surface area contributed by atoms with Crippen LogP contribution in [0.2, 0.25) is 0 Å². The van der Waals surface area contributed by atoms with E-state index in [1.54, 1.807) is 0 Å². The number of nitrogens with zero attached hydrogens (tertiary/aromatic N) is 1. The van der Waals surface area contributed by atoms with E-state index in [9.17, 15) is 4.57 Å². The minimum absolute atomic E-state index is 0. The summed E-state index contributed by atoms with van der Waals surface area (Å²) >= 11 is 0. The summed E-state index contributed by atoms with van der Waals surface area (Å²) in [5.41, 5.74) is 0. The third-order valence-electron chi connectivity index (χ3n) is 1.02. The Labute approximate surface area is 94.8 Å². The number of hydrogen-bond donors (Lipinski definition) is 2. The molecular weight excluding hydrogens is 192 g/mol. The van der Waals surface area contributed by atoms with Gasteiger partial charge >= 0.3 is 37.4 Å². The van der Waals surface area contributed by atoms with Gasteiger partial charge in [0.05, 0.1) is 21.1 Å². The molecular formula is C5H16NNaO4P+. The first-order valence-corrected chi connectivity index (χ1v) is 4.74. The van der Waals surface area contributed by atoms with Crippen LogP contribution in [0.15, 0.2) is 0 Å². The fourth-order valence-electron chi connectivity index (χ4n) is 0.434. The molecule has 0 aromatic rings. The molecule has 0 unspecified atom stereocenters. The van der Waals surface area contributed by atoms with E-state index in [2.05, 4.69) is 4.52 Å². The van der Waals surface area contributed by atoms with Gasteiger partial charge in [0.15, 0.2) is 0 Å². The third kappa shape index (κ3) is 13.6. The molecule has 7 heteroatoms. The molecule has 2 N–H and O–H groups in total. The van der Waals surface area contributed by atoms with Gasteiger partial charge in [-0.15, -0.1) is 0 Å². The van der Waals surface area contributed by atoms with Gasteiger partial charge < -0.3 is 14.3 Å². The van der Waals surface area contributed by atoms with E-state index in [0.29, 0.717) is 11.0 Å². The minimum atomic E-state index is -4.26. The van der Waals surface area contributed by atoms with Crippen LogP contribution in [0.5, 0.6) is 0 Å². The summed E-state index contributed by atoms with van der Waals surface area (Å²) in [4.78, 5) is 16.6. The van der Waals surface area contributed by atoms with Crippen LogP contribution in [0, 0.1) is 0 Å². The van der Waals surface area contributed by atoms with Gasteiger partial charge in [-0.25, -0.2) is 4.57 Å². The van der Waals surface area contributed by atoms with Crippen molar-refractivity contribution in [3.8, 4) is 0 Å². The third-order valence-corrected chi connectivity index (χ3v) is 1.54. The van der Waals surface area contributed by atoms with E-state index in [-0.39, 0.29) is 36.2 Å². The molecule has 70 valence electrons. The standard InChI is InChI=1S/C5H14NO4P.Na.H/c1-6(2,3)4-5-10-11(7,8)9;;/h4-5H2,1-3H3,(H-,7,8,9);;/p+1. The van der Waals surface area contributed by atoms with E-state index in [1.165, 1.54) is 0 Å². The first-order chi connectivity index (χ1) is 4.71. The van der Waals surface area contributed by atoms with Gasteiger partial charge in [-0.05, 0) is 0 Å². The van der Waals surface area contributed by atoms with Crippen LogP contribution in [-0.4, -0.2) is 78.1 Å². The molecule has 0 saturated carbocycles. The second-order valence-electron chi connectivity index (χ2n) is 3.34. The molecule has 0 aliphatic rings. The van der Waals surface area contributed by atoms with Gasteiger partial charge in [0, 0.05) is 0 Å². The summed E-state index contributed by atoms with van der Waals surface area (Å²) < 4.78 is 15.1. The van der Waals surface area contributed by atoms with Crippen LogP contribution in [0.1, 0.15) is 0 Å². The summed E-state index contributed by atoms with van der Waals surface area (Å²) in [6, 6.07) is 0. The van der Waals surface area contributed by atoms with Crippen molar-refractivity contribution in [2.75, 3.05) is 34.3 Å². The van der Waals surface area contributed by atoms with Crippen molar-refractivity contribution in [3.63, 3.8) is 0 Å². The predicted octanol–water partition coefficient (Wildman–Crippen LogP) is -0.847. The molecule has 0 saturated heterocycles. The topological polar surface area (TPSA) is 66.8 Å². The van der Waals surface area contributed by atoms with E-state index in [4.69, 9.17) is 9.79 Å². The average Bonchev–Trinajstić information content (AvgIpc) is 1.55. The molecule has 0 radical (unpaired) electrons. The molecule has 12 heavy (non-hydrogen) atoms. The monoisotopic (exact) mass is 208 g/mol. The Kier molecular flexibility index (Phi) is 7.42. The summed E-state index contributed by atoms with van der Waals surface area (Å²) in [5, 5.41) is 0. The average molecular weight is 208 g/mol. The molecule has 0 amide bonds. The van der Waals surface area contributed by atoms with Crippen LogP contribution in [0.25, 0.3) is 0 Å². The molecule has 0 heterocycles. The van der Waals surface area contributed by atoms with Crippen molar-refractivity contribution >= 4 is 37.4 Å². The second-order valence-corrected chi connectivity index (χ2v) is 4.58. The van der Waals surface area contributed by atoms with E-state index >= 15 is 0 Å². The molecule has 0 fully saturated rings. The van der Waals surface area contributed by atoms with Gasteiger partial charge in [-0.1, -0.05) is 0 Å². The summed E-state index contributed by atoms with van der Waals surface area (Å²) in [6.07, 6.45) is 0. The van der Waals surface area contributed by atoms with Crippen LogP contribution in [0.4, 0.5) is 0 Å². The molecule has 0 aromatic carbocycles. The fraction of sp³-hybridized carbons (Fsp3) is 1.00. The molecule has 0 bridgehead atoms. The number of phosphoric ester groups is 1.